The number of nitrogens with one attached hydrogen (secondary N) is 1. The van der Waals surface area contributed by atoms with Crippen LogP contribution in [0.2, 0.25) is 0 Å². The molecule has 1 amide bonds. The molecule has 6 heteroatoms. The number of rotatable bonds is 2. The zero-order valence-corrected chi connectivity index (χ0v) is 14.4. The van der Waals surface area contributed by atoms with Gasteiger partial charge in [0.05, 0.1) is 13.2 Å². The molecule has 0 bridgehead atoms. The highest BCUT2D eigenvalue weighted by atomic mass is 16.6. The van der Waals surface area contributed by atoms with E-state index in [2.05, 4.69) is 17.3 Å². The molecule has 0 radical (unpaired) electrons. The van der Waals surface area contributed by atoms with Gasteiger partial charge in [0.15, 0.2) is 0 Å². The van der Waals surface area contributed by atoms with E-state index in [1.165, 1.54) is 0 Å². The van der Waals surface area contributed by atoms with E-state index in [-0.39, 0.29) is 12.1 Å². The monoisotopic (exact) mass is 313 g/mol. The van der Waals surface area contributed by atoms with Crippen molar-refractivity contribution in [2.24, 2.45) is 0 Å². The second-order valence-corrected chi connectivity index (χ2v) is 7.44. The first-order valence-electron chi connectivity index (χ1n) is 8.34. The van der Waals surface area contributed by atoms with E-state index >= 15 is 0 Å². The van der Waals surface area contributed by atoms with Crippen LogP contribution in [0.25, 0.3) is 0 Å². The first kappa shape index (κ1) is 17.5. The zero-order chi connectivity index (χ0) is 16.2. The average molecular weight is 313 g/mol. The summed E-state index contributed by atoms with van der Waals surface area (Å²) in [7, 11) is 2.16. The van der Waals surface area contributed by atoms with Crippen molar-refractivity contribution < 1.29 is 14.3 Å². The summed E-state index contributed by atoms with van der Waals surface area (Å²) in [6.07, 6.45) is 2.06. The minimum atomic E-state index is -0.457. The van der Waals surface area contributed by atoms with E-state index in [1.807, 2.05) is 20.8 Å². The van der Waals surface area contributed by atoms with Gasteiger partial charge < -0.3 is 24.6 Å². The lowest BCUT2D eigenvalue weighted by molar-refractivity contribution is 0.0236. The summed E-state index contributed by atoms with van der Waals surface area (Å²) in [4.78, 5) is 16.4. The average Bonchev–Trinajstić information content (AvgIpc) is 2.65. The Morgan fingerprint density at radius 3 is 2.50 bits per heavy atom. The van der Waals surface area contributed by atoms with Crippen LogP contribution in [0, 0.1) is 0 Å². The van der Waals surface area contributed by atoms with Gasteiger partial charge in [-0.1, -0.05) is 0 Å². The van der Waals surface area contributed by atoms with Crippen molar-refractivity contribution >= 4 is 6.09 Å². The van der Waals surface area contributed by atoms with Crippen LogP contribution in [0.1, 0.15) is 33.6 Å². The van der Waals surface area contributed by atoms with Crippen LogP contribution in [0.3, 0.4) is 0 Å². The summed E-state index contributed by atoms with van der Waals surface area (Å²) in [5.74, 6) is 0. The predicted molar refractivity (Wildman–Crippen MR) is 86.1 cm³/mol. The second kappa shape index (κ2) is 7.62. The first-order chi connectivity index (χ1) is 10.3. The van der Waals surface area contributed by atoms with Gasteiger partial charge in [-0.2, -0.15) is 0 Å². The maximum atomic E-state index is 12.3. The highest BCUT2D eigenvalue weighted by molar-refractivity contribution is 5.68. The molecule has 2 fully saturated rings. The SMILES string of the molecule is CN1CCC(NC2COCCN(C(=O)OC(C)(C)C)C2)CC1. The molecular formula is C16H31N3O3. The fourth-order valence-corrected chi connectivity index (χ4v) is 2.91. The number of amides is 1. The minimum absolute atomic E-state index is 0.184. The molecule has 6 nitrogen and oxygen atoms in total. The molecule has 0 spiro atoms. The largest absolute Gasteiger partial charge is 0.444 e. The number of ether oxygens (including phenoxy) is 2. The van der Waals surface area contributed by atoms with Gasteiger partial charge in [-0.05, 0) is 53.8 Å². The van der Waals surface area contributed by atoms with Crippen molar-refractivity contribution in [1.29, 1.82) is 0 Å². The number of carbonyl (C=O) groups is 1. The molecule has 2 aliphatic heterocycles. The van der Waals surface area contributed by atoms with Gasteiger partial charge in [0.2, 0.25) is 0 Å². The van der Waals surface area contributed by atoms with Crippen molar-refractivity contribution in [3.63, 3.8) is 0 Å². The summed E-state index contributed by atoms with van der Waals surface area (Å²) in [6, 6.07) is 0.701. The smallest absolute Gasteiger partial charge is 0.410 e. The number of likely N-dealkylation sites (tertiary alicyclic amines) is 1. The van der Waals surface area contributed by atoms with Crippen LogP contribution in [-0.2, 0) is 9.47 Å². The summed E-state index contributed by atoms with van der Waals surface area (Å²) in [5, 5.41) is 3.66. The molecule has 0 saturated carbocycles. The molecule has 1 atom stereocenters. The lowest BCUT2D eigenvalue weighted by Gasteiger charge is -2.33. The lowest BCUT2D eigenvalue weighted by Crippen LogP contribution is -2.51. The Morgan fingerprint density at radius 2 is 1.86 bits per heavy atom. The van der Waals surface area contributed by atoms with Gasteiger partial charge in [-0.3, -0.25) is 0 Å². The molecule has 128 valence electrons. The third-order valence-electron chi connectivity index (χ3n) is 4.11. The Hall–Kier alpha value is -0.850. The maximum Gasteiger partial charge on any atom is 0.410 e. The van der Waals surface area contributed by atoms with Crippen LogP contribution < -0.4 is 5.32 Å². The molecule has 22 heavy (non-hydrogen) atoms. The Morgan fingerprint density at radius 1 is 1.18 bits per heavy atom. The third-order valence-corrected chi connectivity index (χ3v) is 4.11. The summed E-state index contributed by atoms with van der Waals surface area (Å²) >= 11 is 0. The van der Waals surface area contributed by atoms with E-state index in [1.54, 1.807) is 4.90 Å². The van der Waals surface area contributed by atoms with Crippen LogP contribution >= 0.6 is 0 Å². The first-order valence-corrected chi connectivity index (χ1v) is 8.34. The van der Waals surface area contributed by atoms with Gasteiger partial charge in [0.1, 0.15) is 5.60 Å². The van der Waals surface area contributed by atoms with Gasteiger partial charge in [0.25, 0.3) is 0 Å². The van der Waals surface area contributed by atoms with Crippen molar-refractivity contribution in [3.8, 4) is 0 Å². The van der Waals surface area contributed by atoms with Crippen LogP contribution in [0.4, 0.5) is 4.79 Å². The van der Waals surface area contributed by atoms with E-state index in [9.17, 15) is 4.79 Å². The molecule has 0 aliphatic carbocycles. The molecule has 2 rings (SSSR count). The number of nitrogens with zero attached hydrogens (tertiary/aromatic N) is 2. The zero-order valence-electron chi connectivity index (χ0n) is 14.4. The molecule has 2 aliphatic rings. The summed E-state index contributed by atoms with van der Waals surface area (Å²) in [6.45, 7) is 10.4. The predicted octanol–water partition coefficient (Wildman–Crippen LogP) is 1.31. The fraction of sp³-hybridized carbons (Fsp3) is 0.938. The minimum Gasteiger partial charge on any atom is -0.444 e. The normalized spacial score (nSPS) is 25.8. The number of hydrogen-bond acceptors (Lipinski definition) is 5. The highest BCUT2D eigenvalue weighted by Gasteiger charge is 2.28. The Labute approximate surface area is 134 Å². The molecule has 1 unspecified atom stereocenters. The second-order valence-electron chi connectivity index (χ2n) is 7.44. The standard InChI is InChI=1S/C16H31N3O3/c1-16(2,3)22-15(20)19-9-10-21-12-14(11-19)17-13-5-7-18(4)8-6-13/h13-14,17H,5-12H2,1-4H3. The fourth-order valence-electron chi connectivity index (χ4n) is 2.91. The lowest BCUT2D eigenvalue weighted by atomic mass is 10.0. The van der Waals surface area contributed by atoms with Gasteiger partial charge in [-0.25, -0.2) is 4.79 Å². The number of carbonyl (C=O) groups excluding carboxylic acids is 1. The maximum absolute atomic E-state index is 12.3. The van der Waals surface area contributed by atoms with Gasteiger partial charge >= 0.3 is 6.09 Å². The Kier molecular flexibility index (Phi) is 6.06. The highest BCUT2D eigenvalue weighted by Crippen LogP contribution is 2.13. The molecule has 0 aromatic heterocycles. The van der Waals surface area contributed by atoms with Crippen molar-refractivity contribution in [1.82, 2.24) is 15.1 Å². The van der Waals surface area contributed by atoms with Crippen molar-refractivity contribution in [2.75, 3.05) is 46.4 Å². The Balaban J connectivity index is 1.85. The van der Waals surface area contributed by atoms with Crippen molar-refractivity contribution in [3.05, 3.63) is 0 Å². The van der Waals surface area contributed by atoms with E-state index in [4.69, 9.17) is 9.47 Å². The van der Waals surface area contributed by atoms with Crippen LogP contribution in [0.5, 0.6) is 0 Å². The van der Waals surface area contributed by atoms with Gasteiger partial charge in [-0.15, -0.1) is 0 Å². The molecule has 2 heterocycles. The van der Waals surface area contributed by atoms with Crippen LogP contribution in [-0.4, -0.2) is 80.0 Å². The molecule has 0 aromatic rings. The van der Waals surface area contributed by atoms with Crippen LogP contribution in [0.15, 0.2) is 0 Å². The van der Waals surface area contributed by atoms with Crippen molar-refractivity contribution in [2.45, 2.75) is 51.3 Å². The Bertz CT molecular complexity index is 362. The van der Waals surface area contributed by atoms with E-state index in [0.29, 0.717) is 32.3 Å². The molecule has 0 aromatic carbocycles. The molecule has 1 N–H and O–H groups in total. The summed E-state index contributed by atoms with van der Waals surface area (Å²) < 4.78 is 11.1. The van der Waals surface area contributed by atoms with Gasteiger partial charge in [0, 0.05) is 25.2 Å². The number of piperidine rings is 1. The topological polar surface area (TPSA) is 54.0 Å². The molecule has 2 saturated heterocycles. The number of hydrogen-bond donors (Lipinski definition) is 1. The summed E-state index contributed by atoms with van der Waals surface area (Å²) in [5.41, 5.74) is -0.457. The van der Waals surface area contributed by atoms with E-state index in [0.717, 1.165) is 25.9 Å². The quantitative estimate of drug-likeness (QED) is 0.833. The third kappa shape index (κ3) is 5.74. The van der Waals surface area contributed by atoms with E-state index < -0.39 is 5.60 Å². The molecular weight excluding hydrogens is 282 g/mol.